The predicted octanol–water partition coefficient (Wildman–Crippen LogP) is 6.06. The van der Waals surface area contributed by atoms with Crippen LogP contribution in [0.25, 0.3) is 6.08 Å². The molecule has 1 atom stereocenters. The zero-order chi connectivity index (χ0) is 21.0. The second-order valence-corrected chi connectivity index (χ2v) is 7.38. The third kappa shape index (κ3) is 7.41. The first kappa shape index (κ1) is 21.7. The molecule has 0 unspecified atom stereocenters. The van der Waals surface area contributed by atoms with Gasteiger partial charge in [0.15, 0.2) is 0 Å². The summed E-state index contributed by atoms with van der Waals surface area (Å²) in [5.74, 6) is 1.73. The number of aliphatic hydroxyl groups excluding tert-OH is 1. The van der Waals surface area contributed by atoms with Gasteiger partial charge in [-0.3, -0.25) is 0 Å². The fourth-order valence-corrected chi connectivity index (χ4v) is 3.23. The molecular weight excluding hydrogens is 372 g/mol. The first-order valence-electron chi connectivity index (χ1n) is 10.5. The van der Waals surface area contributed by atoms with Crippen LogP contribution in [0.3, 0.4) is 0 Å². The lowest BCUT2D eigenvalue weighted by molar-refractivity contribution is 0.165. The van der Waals surface area contributed by atoms with Crippen LogP contribution in [-0.4, -0.2) is 18.3 Å². The maximum atomic E-state index is 10.2. The minimum atomic E-state index is -0.312. The Labute approximate surface area is 179 Å². The maximum absolute atomic E-state index is 10.2. The maximum Gasteiger partial charge on any atom is 0.119 e. The van der Waals surface area contributed by atoms with Crippen molar-refractivity contribution in [1.82, 2.24) is 0 Å². The van der Waals surface area contributed by atoms with Gasteiger partial charge in [-0.15, -0.1) is 0 Å². The molecule has 3 rings (SSSR count). The average molecular weight is 403 g/mol. The molecular formula is C27H30O3. The van der Waals surface area contributed by atoms with Crippen molar-refractivity contribution in [3.63, 3.8) is 0 Å². The van der Waals surface area contributed by atoms with Crippen LogP contribution in [0.2, 0.25) is 0 Å². The van der Waals surface area contributed by atoms with E-state index in [9.17, 15) is 5.11 Å². The normalized spacial score (nSPS) is 12.1. The summed E-state index contributed by atoms with van der Waals surface area (Å²) in [6, 6.07) is 26.3. The Hall–Kier alpha value is -3.04. The Morgan fingerprint density at radius 1 is 0.833 bits per heavy atom. The van der Waals surface area contributed by atoms with E-state index in [2.05, 4.69) is 24.3 Å². The molecule has 3 nitrogen and oxygen atoms in total. The molecule has 0 radical (unpaired) electrons. The number of benzene rings is 3. The van der Waals surface area contributed by atoms with Gasteiger partial charge in [0.2, 0.25) is 0 Å². The van der Waals surface area contributed by atoms with Gasteiger partial charge in [0.25, 0.3) is 0 Å². The highest BCUT2D eigenvalue weighted by Gasteiger charge is 2.03. The van der Waals surface area contributed by atoms with Gasteiger partial charge in [-0.05, 0) is 66.6 Å². The van der Waals surface area contributed by atoms with E-state index in [1.165, 1.54) is 5.56 Å². The summed E-state index contributed by atoms with van der Waals surface area (Å²) in [6.07, 6.45) is 7.13. The summed E-state index contributed by atoms with van der Waals surface area (Å²) in [6.45, 7) is 0.580. The number of hydrogen-bond donors (Lipinski definition) is 1. The molecule has 0 amide bonds. The third-order valence-corrected chi connectivity index (χ3v) is 5.01. The van der Waals surface area contributed by atoms with Gasteiger partial charge in [-0.1, -0.05) is 66.7 Å². The quantitative estimate of drug-likeness (QED) is 0.424. The molecule has 0 saturated carbocycles. The molecule has 0 aliphatic rings. The van der Waals surface area contributed by atoms with Crippen molar-refractivity contribution in [2.45, 2.75) is 38.4 Å². The summed E-state index contributed by atoms with van der Waals surface area (Å²) in [7, 11) is 1.66. The zero-order valence-electron chi connectivity index (χ0n) is 17.5. The summed E-state index contributed by atoms with van der Waals surface area (Å²) in [4.78, 5) is 0. The van der Waals surface area contributed by atoms with Crippen LogP contribution in [0.5, 0.6) is 11.5 Å². The van der Waals surface area contributed by atoms with E-state index < -0.39 is 0 Å². The molecule has 0 bridgehead atoms. The van der Waals surface area contributed by atoms with Gasteiger partial charge >= 0.3 is 0 Å². The van der Waals surface area contributed by atoms with Gasteiger partial charge in [-0.25, -0.2) is 0 Å². The second kappa shape index (κ2) is 11.8. The van der Waals surface area contributed by atoms with Crippen LogP contribution in [0.15, 0.2) is 84.9 Å². The van der Waals surface area contributed by atoms with Crippen LogP contribution >= 0.6 is 0 Å². The van der Waals surface area contributed by atoms with E-state index in [1.54, 1.807) is 7.11 Å². The van der Waals surface area contributed by atoms with Crippen molar-refractivity contribution in [3.05, 3.63) is 102 Å². The van der Waals surface area contributed by atoms with Gasteiger partial charge in [0.1, 0.15) is 18.1 Å². The SMILES string of the molecule is COc1ccc(/C=C/C[C@@H](O)CCCc2ccc(OCc3ccccc3)cc2)cc1. The van der Waals surface area contributed by atoms with Crippen LogP contribution in [-0.2, 0) is 13.0 Å². The molecule has 0 fully saturated rings. The summed E-state index contributed by atoms with van der Waals surface area (Å²) < 4.78 is 11.0. The Kier molecular flexibility index (Phi) is 8.55. The Morgan fingerprint density at radius 2 is 1.53 bits per heavy atom. The number of methoxy groups -OCH3 is 1. The third-order valence-electron chi connectivity index (χ3n) is 5.01. The summed E-state index contributed by atoms with van der Waals surface area (Å²) in [5, 5.41) is 10.2. The Morgan fingerprint density at radius 3 is 2.23 bits per heavy atom. The van der Waals surface area contributed by atoms with Crippen molar-refractivity contribution in [2.24, 2.45) is 0 Å². The highest BCUT2D eigenvalue weighted by Crippen LogP contribution is 2.17. The van der Waals surface area contributed by atoms with Crippen molar-refractivity contribution < 1.29 is 14.6 Å². The molecule has 30 heavy (non-hydrogen) atoms. The standard InChI is InChI=1S/C27H30O3/c1-29-26-17-13-22(14-18-26)9-5-11-25(28)12-6-10-23-15-19-27(20-16-23)30-21-24-7-3-2-4-8-24/h2-5,7-9,13-20,25,28H,6,10-12,21H2,1H3/b9-5+/t25-/m1/s1. The van der Waals surface area contributed by atoms with Gasteiger partial charge in [0.05, 0.1) is 13.2 Å². The topological polar surface area (TPSA) is 38.7 Å². The fourth-order valence-electron chi connectivity index (χ4n) is 3.23. The molecule has 3 aromatic carbocycles. The lowest BCUT2D eigenvalue weighted by atomic mass is 10.0. The predicted molar refractivity (Wildman–Crippen MR) is 123 cm³/mol. The molecule has 0 aliphatic heterocycles. The van der Waals surface area contributed by atoms with E-state index in [4.69, 9.17) is 9.47 Å². The van der Waals surface area contributed by atoms with Crippen LogP contribution in [0.4, 0.5) is 0 Å². The lowest BCUT2D eigenvalue weighted by Gasteiger charge is -2.09. The minimum Gasteiger partial charge on any atom is -0.497 e. The zero-order valence-corrected chi connectivity index (χ0v) is 17.5. The fraction of sp³-hybridized carbons (Fsp3) is 0.259. The van der Waals surface area contributed by atoms with E-state index in [-0.39, 0.29) is 6.10 Å². The number of hydrogen-bond acceptors (Lipinski definition) is 3. The largest absolute Gasteiger partial charge is 0.497 e. The molecule has 0 saturated heterocycles. The summed E-state index contributed by atoms with van der Waals surface area (Å²) >= 11 is 0. The molecule has 156 valence electrons. The van der Waals surface area contributed by atoms with E-state index >= 15 is 0 Å². The van der Waals surface area contributed by atoms with Crippen LogP contribution in [0.1, 0.15) is 36.0 Å². The van der Waals surface area contributed by atoms with Crippen molar-refractivity contribution in [3.8, 4) is 11.5 Å². The van der Waals surface area contributed by atoms with E-state index in [0.29, 0.717) is 13.0 Å². The van der Waals surface area contributed by atoms with Crippen LogP contribution < -0.4 is 9.47 Å². The minimum absolute atomic E-state index is 0.312. The van der Waals surface area contributed by atoms with Crippen molar-refractivity contribution in [1.29, 1.82) is 0 Å². The Bertz CT molecular complexity index is 884. The van der Waals surface area contributed by atoms with E-state index in [0.717, 1.165) is 41.9 Å². The number of aryl methyl sites for hydroxylation is 1. The molecule has 0 aromatic heterocycles. The molecule has 1 N–H and O–H groups in total. The number of aliphatic hydroxyl groups is 1. The average Bonchev–Trinajstić information content (AvgIpc) is 2.80. The number of ether oxygens (including phenoxy) is 2. The van der Waals surface area contributed by atoms with Gasteiger partial charge < -0.3 is 14.6 Å². The highest BCUT2D eigenvalue weighted by molar-refractivity contribution is 5.50. The highest BCUT2D eigenvalue weighted by atomic mass is 16.5. The molecule has 0 heterocycles. The van der Waals surface area contributed by atoms with Gasteiger partial charge in [-0.2, -0.15) is 0 Å². The second-order valence-electron chi connectivity index (χ2n) is 7.38. The van der Waals surface area contributed by atoms with E-state index in [1.807, 2.05) is 66.7 Å². The van der Waals surface area contributed by atoms with Gasteiger partial charge in [0, 0.05) is 0 Å². The smallest absolute Gasteiger partial charge is 0.119 e. The summed E-state index contributed by atoms with van der Waals surface area (Å²) in [5.41, 5.74) is 3.54. The monoisotopic (exact) mass is 402 g/mol. The van der Waals surface area contributed by atoms with Crippen molar-refractivity contribution >= 4 is 6.08 Å². The first-order valence-corrected chi connectivity index (χ1v) is 10.5. The number of rotatable bonds is 11. The molecule has 0 aliphatic carbocycles. The molecule has 3 heteroatoms. The lowest BCUT2D eigenvalue weighted by Crippen LogP contribution is -2.05. The van der Waals surface area contributed by atoms with Crippen molar-refractivity contribution in [2.75, 3.05) is 7.11 Å². The molecule has 3 aromatic rings. The first-order chi connectivity index (χ1) is 14.7. The Balaban J connectivity index is 1.34. The van der Waals surface area contributed by atoms with Crippen LogP contribution in [0, 0.1) is 0 Å². The molecule has 0 spiro atoms.